The van der Waals surface area contributed by atoms with E-state index in [1.165, 1.54) is 16.8 Å². The molecule has 0 fully saturated rings. The molecular weight excluding hydrogens is 312 g/mol. The number of carbonyl (C=O) groups excluding carboxylic acids is 1. The van der Waals surface area contributed by atoms with Crippen molar-refractivity contribution in [1.82, 2.24) is 15.1 Å². The lowest BCUT2D eigenvalue weighted by Gasteiger charge is -2.18. The normalized spacial score (nSPS) is 12.5. The number of rotatable bonds is 6. The summed E-state index contributed by atoms with van der Waals surface area (Å²) < 4.78 is 28.5. The monoisotopic (exact) mass is 335 g/mol. The minimum Gasteiger partial charge on any atom is -0.349 e. The Hall–Kier alpha value is -2.24. The van der Waals surface area contributed by atoms with Gasteiger partial charge in [0.25, 0.3) is 0 Å². The maximum absolute atomic E-state index is 14.0. The summed E-state index contributed by atoms with van der Waals surface area (Å²) in [6, 6.07) is 3.13. The molecule has 6 heteroatoms. The van der Waals surface area contributed by atoms with Crippen LogP contribution in [-0.2, 0) is 4.79 Å². The Morgan fingerprint density at radius 1 is 1.29 bits per heavy atom. The molecule has 130 valence electrons. The van der Waals surface area contributed by atoms with Gasteiger partial charge < -0.3 is 5.32 Å². The van der Waals surface area contributed by atoms with Crippen molar-refractivity contribution in [3.63, 3.8) is 0 Å². The first kappa shape index (κ1) is 18.1. The number of aromatic nitrogens is 2. The number of halogens is 2. The van der Waals surface area contributed by atoms with Crippen LogP contribution >= 0.6 is 0 Å². The second-order valence-corrected chi connectivity index (χ2v) is 5.94. The molecule has 1 heterocycles. The third kappa shape index (κ3) is 3.63. The Labute approximate surface area is 140 Å². The molecule has 24 heavy (non-hydrogen) atoms. The molecule has 0 aliphatic heterocycles. The molecule has 1 aromatic heterocycles. The summed E-state index contributed by atoms with van der Waals surface area (Å²) in [6.45, 7) is 7.64. The van der Waals surface area contributed by atoms with E-state index in [-0.39, 0.29) is 23.6 Å². The molecule has 2 aromatic rings. The maximum Gasteiger partial charge on any atom is 0.223 e. The van der Waals surface area contributed by atoms with Crippen molar-refractivity contribution in [2.24, 2.45) is 5.92 Å². The molecule has 0 bridgehead atoms. The third-order valence-electron chi connectivity index (χ3n) is 4.37. The Balaban J connectivity index is 2.24. The zero-order valence-corrected chi connectivity index (χ0v) is 14.4. The molecule has 0 spiro atoms. The van der Waals surface area contributed by atoms with Crippen LogP contribution in [0.1, 0.15) is 50.9 Å². The third-order valence-corrected chi connectivity index (χ3v) is 4.37. The van der Waals surface area contributed by atoms with Gasteiger partial charge in [-0.3, -0.25) is 4.79 Å². The molecule has 0 aliphatic rings. The molecule has 1 N–H and O–H groups in total. The molecule has 0 radical (unpaired) electrons. The summed E-state index contributed by atoms with van der Waals surface area (Å²) in [6.07, 6.45) is 3.18. The Morgan fingerprint density at radius 3 is 2.54 bits per heavy atom. The number of nitrogens with one attached hydrogen (secondary N) is 1. The average molecular weight is 335 g/mol. The van der Waals surface area contributed by atoms with E-state index in [0.29, 0.717) is 5.69 Å². The summed E-state index contributed by atoms with van der Waals surface area (Å²) in [5.41, 5.74) is 1.69. The standard InChI is InChI=1S/C18H23F2N3O/c1-5-13(6-2)18(24)22-11(3)15-10-21-23(12(15)4)17-8-7-14(19)9-16(17)20/h7-11,13H,5-6H2,1-4H3,(H,22,24)/t11-/m0/s1. The SMILES string of the molecule is CCC(CC)C(=O)N[C@@H](C)c1cnn(-c2ccc(F)cc2F)c1C. The van der Waals surface area contributed by atoms with E-state index in [1.807, 2.05) is 20.8 Å². The lowest BCUT2D eigenvalue weighted by atomic mass is 10.0. The lowest BCUT2D eigenvalue weighted by Crippen LogP contribution is -2.32. The van der Waals surface area contributed by atoms with Gasteiger partial charge in [0.05, 0.1) is 12.2 Å². The van der Waals surface area contributed by atoms with Gasteiger partial charge >= 0.3 is 0 Å². The van der Waals surface area contributed by atoms with Gasteiger partial charge in [0.15, 0.2) is 5.82 Å². The highest BCUT2D eigenvalue weighted by molar-refractivity contribution is 5.79. The molecule has 2 rings (SSSR count). The minimum absolute atomic E-state index is 0.00705. The first-order chi connectivity index (χ1) is 11.4. The van der Waals surface area contributed by atoms with E-state index in [9.17, 15) is 13.6 Å². The highest BCUT2D eigenvalue weighted by Crippen LogP contribution is 2.23. The summed E-state index contributed by atoms with van der Waals surface area (Å²) in [4.78, 5) is 12.2. The fourth-order valence-corrected chi connectivity index (χ4v) is 2.81. The molecule has 0 saturated heterocycles. The zero-order chi connectivity index (χ0) is 17.9. The van der Waals surface area contributed by atoms with Crippen LogP contribution < -0.4 is 5.32 Å². The molecule has 0 unspecified atom stereocenters. The fraction of sp³-hybridized carbons (Fsp3) is 0.444. The van der Waals surface area contributed by atoms with Crippen LogP contribution in [0.2, 0.25) is 0 Å². The Morgan fingerprint density at radius 2 is 1.96 bits per heavy atom. The number of carbonyl (C=O) groups is 1. The molecule has 0 aliphatic carbocycles. The first-order valence-corrected chi connectivity index (χ1v) is 8.19. The van der Waals surface area contributed by atoms with Crippen LogP contribution in [-0.4, -0.2) is 15.7 Å². The van der Waals surface area contributed by atoms with E-state index in [2.05, 4.69) is 10.4 Å². The molecular formula is C18H23F2N3O. The molecule has 4 nitrogen and oxygen atoms in total. The number of hydrogen-bond donors (Lipinski definition) is 1. The number of nitrogens with zero attached hydrogens (tertiary/aromatic N) is 2. The zero-order valence-electron chi connectivity index (χ0n) is 14.4. The first-order valence-electron chi connectivity index (χ1n) is 8.19. The topological polar surface area (TPSA) is 46.9 Å². The van der Waals surface area contributed by atoms with E-state index < -0.39 is 11.6 Å². The van der Waals surface area contributed by atoms with Crippen molar-refractivity contribution < 1.29 is 13.6 Å². The second kappa shape index (κ2) is 7.55. The quantitative estimate of drug-likeness (QED) is 0.865. The second-order valence-electron chi connectivity index (χ2n) is 5.94. The van der Waals surface area contributed by atoms with E-state index in [4.69, 9.17) is 0 Å². The van der Waals surface area contributed by atoms with Gasteiger partial charge in [-0.2, -0.15) is 5.10 Å². The van der Waals surface area contributed by atoms with Crippen LogP contribution in [0.4, 0.5) is 8.78 Å². The Kier molecular flexibility index (Phi) is 5.70. The van der Waals surface area contributed by atoms with E-state index >= 15 is 0 Å². The minimum atomic E-state index is -0.679. The van der Waals surface area contributed by atoms with Crippen LogP contribution in [0.5, 0.6) is 0 Å². The molecule has 1 amide bonds. The molecule has 1 aromatic carbocycles. The van der Waals surface area contributed by atoms with Crippen molar-refractivity contribution in [3.8, 4) is 5.69 Å². The van der Waals surface area contributed by atoms with E-state index in [0.717, 1.165) is 24.5 Å². The van der Waals surface area contributed by atoms with Crippen LogP contribution in [0.15, 0.2) is 24.4 Å². The summed E-state index contributed by atoms with van der Waals surface area (Å²) >= 11 is 0. The highest BCUT2D eigenvalue weighted by atomic mass is 19.1. The number of amides is 1. The maximum atomic E-state index is 14.0. The molecule has 0 saturated carbocycles. The predicted molar refractivity (Wildman–Crippen MR) is 88.8 cm³/mol. The van der Waals surface area contributed by atoms with Gasteiger partial charge in [-0.15, -0.1) is 0 Å². The largest absolute Gasteiger partial charge is 0.349 e. The average Bonchev–Trinajstić information content (AvgIpc) is 2.90. The van der Waals surface area contributed by atoms with E-state index in [1.54, 1.807) is 13.1 Å². The van der Waals surface area contributed by atoms with Crippen molar-refractivity contribution in [3.05, 3.63) is 47.3 Å². The van der Waals surface area contributed by atoms with Gasteiger partial charge in [-0.1, -0.05) is 13.8 Å². The number of benzene rings is 1. The predicted octanol–water partition coefficient (Wildman–Crippen LogP) is 4.07. The van der Waals surface area contributed by atoms with Gasteiger partial charge in [-0.25, -0.2) is 13.5 Å². The number of hydrogen-bond acceptors (Lipinski definition) is 2. The highest BCUT2D eigenvalue weighted by Gasteiger charge is 2.21. The summed E-state index contributed by atoms with van der Waals surface area (Å²) in [7, 11) is 0. The van der Waals surface area contributed by atoms with Gasteiger partial charge in [0, 0.05) is 23.2 Å². The smallest absolute Gasteiger partial charge is 0.223 e. The van der Waals surface area contributed by atoms with Crippen molar-refractivity contribution in [2.45, 2.75) is 46.6 Å². The Bertz CT molecular complexity index is 723. The summed E-state index contributed by atoms with van der Waals surface area (Å²) in [5, 5.41) is 7.17. The van der Waals surface area contributed by atoms with Crippen molar-refractivity contribution in [2.75, 3.05) is 0 Å². The van der Waals surface area contributed by atoms with Crippen molar-refractivity contribution >= 4 is 5.91 Å². The van der Waals surface area contributed by atoms with Gasteiger partial charge in [-0.05, 0) is 38.8 Å². The van der Waals surface area contributed by atoms with Gasteiger partial charge in [0.2, 0.25) is 5.91 Å². The van der Waals surface area contributed by atoms with Gasteiger partial charge in [0.1, 0.15) is 11.5 Å². The lowest BCUT2D eigenvalue weighted by molar-refractivity contribution is -0.125. The van der Waals surface area contributed by atoms with Crippen LogP contribution in [0.25, 0.3) is 5.69 Å². The molecule has 1 atom stereocenters. The van der Waals surface area contributed by atoms with Crippen molar-refractivity contribution in [1.29, 1.82) is 0 Å². The fourth-order valence-electron chi connectivity index (χ4n) is 2.81. The van der Waals surface area contributed by atoms with Crippen LogP contribution in [0, 0.1) is 24.5 Å². The van der Waals surface area contributed by atoms with Crippen LogP contribution in [0.3, 0.4) is 0 Å². The summed E-state index contributed by atoms with van der Waals surface area (Å²) in [5.74, 6) is -1.32.